The normalized spacial score (nSPS) is 35.2. The molecule has 298 valence electrons. The van der Waals surface area contributed by atoms with Crippen LogP contribution in [-0.4, -0.2) is 71.4 Å². The van der Waals surface area contributed by atoms with Gasteiger partial charge in [0.1, 0.15) is 30.0 Å². The molecule has 14 heteroatoms. The number of carboxylic acids is 1. The molecule has 5 fully saturated rings. The van der Waals surface area contributed by atoms with E-state index in [9.17, 15) is 29.1 Å². The molecule has 4 saturated carbocycles. The third kappa shape index (κ3) is 7.77. The highest BCUT2D eigenvalue weighted by Gasteiger charge is 2.84. The number of nitrogens with zero attached hydrogens (tertiary/aromatic N) is 1. The summed E-state index contributed by atoms with van der Waals surface area (Å²) in [5, 5.41) is 12.0. The zero-order valence-electron chi connectivity index (χ0n) is 31.9. The predicted molar refractivity (Wildman–Crippen MR) is 197 cm³/mol. The van der Waals surface area contributed by atoms with E-state index in [1.807, 2.05) is 6.07 Å². The Morgan fingerprint density at radius 2 is 1.76 bits per heavy atom. The van der Waals surface area contributed by atoms with E-state index in [1.165, 1.54) is 13.2 Å². The predicted octanol–water partition coefficient (Wildman–Crippen LogP) is 4.31. The molecule has 0 radical (unpaired) electrons. The number of carboxylic acid groups (broad SMARTS) is 1. The van der Waals surface area contributed by atoms with Gasteiger partial charge in [-0.1, -0.05) is 26.7 Å². The van der Waals surface area contributed by atoms with Crippen LogP contribution >= 0.6 is 0 Å². The molecule has 6 rings (SSSR count). The SMILES string of the molecule is CC(=O)OC1C(c2ccoc(=O)c2)C2(C)CCC3C(CCC4CC(OC(=O)CCCCCCC(=O)NC(CCCN=C(N)N)C(=O)O)CCC43C)C23OC13. The van der Waals surface area contributed by atoms with Gasteiger partial charge in [-0.15, -0.1) is 0 Å². The lowest BCUT2D eigenvalue weighted by molar-refractivity contribution is -0.168. The van der Waals surface area contributed by atoms with Gasteiger partial charge in [-0.25, -0.2) is 9.59 Å². The molecular formula is C40H58N4O10. The maximum absolute atomic E-state index is 12.9. The number of epoxide rings is 1. The number of amides is 1. The molecular weight excluding hydrogens is 696 g/mol. The number of carbonyl (C=O) groups is 4. The first kappa shape index (κ1) is 39.7. The van der Waals surface area contributed by atoms with Crippen molar-refractivity contribution in [3.8, 4) is 0 Å². The van der Waals surface area contributed by atoms with Crippen LogP contribution in [0, 0.1) is 28.6 Å². The topological polar surface area (TPSA) is 226 Å². The molecule has 1 aromatic heterocycles. The van der Waals surface area contributed by atoms with Crippen LogP contribution in [0.3, 0.4) is 0 Å². The van der Waals surface area contributed by atoms with Crippen molar-refractivity contribution in [2.75, 3.05) is 6.54 Å². The smallest absolute Gasteiger partial charge is 0.335 e. The minimum absolute atomic E-state index is 0.0559. The number of nitrogens with two attached hydrogens (primary N) is 2. The molecule has 14 nitrogen and oxygen atoms in total. The molecule has 2 heterocycles. The molecule has 11 atom stereocenters. The molecule has 1 amide bonds. The number of unbranched alkanes of at least 4 members (excludes halogenated alkanes) is 3. The zero-order valence-corrected chi connectivity index (χ0v) is 31.9. The van der Waals surface area contributed by atoms with Gasteiger partial charge in [-0.05, 0) is 105 Å². The largest absolute Gasteiger partial charge is 0.480 e. The molecule has 4 aliphatic carbocycles. The molecule has 5 aliphatic rings. The standard InChI is InChI=1S/C40H58N4O10/c1-23(45)52-34-33(24-16-20-51-32(48)21-24)39(3)18-15-27-28(40(39)35(34)54-40)13-12-25-22-26(14-17-38(25,27)2)53-31(47)11-7-5-4-6-10-30(46)44-29(36(49)50)9-8-19-43-37(41)42/h16,20-21,25-29,33-35H,4-15,17-19,22H2,1-3H3,(H,44,46)(H,49,50)(H4,41,42,43). The van der Waals surface area contributed by atoms with E-state index in [0.29, 0.717) is 50.0 Å². The summed E-state index contributed by atoms with van der Waals surface area (Å²) >= 11 is 0. The monoisotopic (exact) mass is 754 g/mol. The Morgan fingerprint density at radius 1 is 1.00 bits per heavy atom. The first-order valence-electron chi connectivity index (χ1n) is 19.9. The molecule has 1 aliphatic heterocycles. The van der Waals surface area contributed by atoms with Gasteiger partial charge in [0.05, 0.1) is 6.26 Å². The van der Waals surface area contributed by atoms with Gasteiger partial charge in [-0.3, -0.25) is 19.4 Å². The fourth-order valence-electron chi connectivity index (χ4n) is 11.4. The Labute approximate surface area is 316 Å². The van der Waals surface area contributed by atoms with Crippen LogP contribution in [0.1, 0.15) is 129 Å². The number of hydrogen-bond donors (Lipinski definition) is 4. The van der Waals surface area contributed by atoms with Crippen molar-refractivity contribution < 1.29 is 42.9 Å². The Balaban J connectivity index is 0.954. The summed E-state index contributed by atoms with van der Waals surface area (Å²) < 4.78 is 23.8. The molecule has 1 aromatic rings. The highest BCUT2D eigenvalue weighted by molar-refractivity contribution is 5.83. The summed E-state index contributed by atoms with van der Waals surface area (Å²) in [6.07, 6.45) is 11.3. The van der Waals surface area contributed by atoms with Gasteiger partial charge >= 0.3 is 23.5 Å². The van der Waals surface area contributed by atoms with Gasteiger partial charge in [0.15, 0.2) is 5.96 Å². The third-order valence-corrected chi connectivity index (χ3v) is 13.9. The summed E-state index contributed by atoms with van der Waals surface area (Å²) in [5.41, 5.74) is 10.4. The number of esters is 2. The molecule has 54 heavy (non-hydrogen) atoms. The minimum Gasteiger partial charge on any atom is -0.480 e. The molecule has 11 unspecified atom stereocenters. The quantitative estimate of drug-likeness (QED) is 0.0609. The van der Waals surface area contributed by atoms with Crippen LogP contribution < -0.4 is 22.4 Å². The van der Waals surface area contributed by atoms with Gasteiger partial charge in [-0.2, -0.15) is 0 Å². The van der Waals surface area contributed by atoms with Crippen LogP contribution in [-0.2, 0) is 33.4 Å². The van der Waals surface area contributed by atoms with Crippen molar-refractivity contribution in [2.45, 2.75) is 153 Å². The van der Waals surface area contributed by atoms with Gasteiger partial charge in [0.2, 0.25) is 5.91 Å². The minimum atomic E-state index is -1.09. The highest BCUT2D eigenvalue weighted by atomic mass is 16.7. The number of aliphatic imine (C=N–C) groups is 1. The van der Waals surface area contributed by atoms with E-state index in [2.05, 4.69) is 24.2 Å². The maximum Gasteiger partial charge on any atom is 0.335 e. The second-order valence-electron chi connectivity index (χ2n) is 16.9. The van der Waals surface area contributed by atoms with E-state index in [-0.39, 0.29) is 65.6 Å². The summed E-state index contributed by atoms with van der Waals surface area (Å²) in [6, 6.07) is 2.39. The lowest BCUT2D eigenvalue weighted by Gasteiger charge is -2.61. The Hall–Kier alpha value is -3.94. The Bertz CT molecular complexity index is 1660. The van der Waals surface area contributed by atoms with Gasteiger partial charge < -0.3 is 40.5 Å². The van der Waals surface area contributed by atoms with Crippen molar-refractivity contribution in [1.82, 2.24) is 5.32 Å². The summed E-state index contributed by atoms with van der Waals surface area (Å²) in [6.45, 7) is 6.43. The number of nitrogens with one attached hydrogen (secondary N) is 1. The van der Waals surface area contributed by atoms with Crippen molar-refractivity contribution in [3.63, 3.8) is 0 Å². The Morgan fingerprint density at radius 3 is 2.46 bits per heavy atom. The lowest BCUT2D eigenvalue weighted by Crippen LogP contribution is -2.58. The molecule has 6 N–H and O–H groups in total. The van der Waals surface area contributed by atoms with Gasteiger partial charge in [0.25, 0.3) is 0 Å². The van der Waals surface area contributed by atoms with Crippen LogP contribution in [0.25, 0.3) is 0 Å². The van der Waals surface area contributed by atoms with Crippen molar-refractivity contribution >= 4 is 29.8 Å². The first-order valence-corrected chi connectivity index (χ1v) is 19.9. The van der Waals surface area contributed by atoms with E-state index in [1.54, 1.807) is 6.07 Å². The van der Waals surface area contributed by atoms with Crippen LogP contribution in [0.5, 0.6) is 0 Å². The summed E-state index contributed by atoms with van der Waals surface area (Å²) in [4.78, 5) is 65.2. The average molecular weight is 755 g/mol. The van der Waals surface area contributed by atoms with E-state index in [4.69, 9.17) is 30.1 Å². The number of rotatable bonds is 16. The molecule has 0 bridgehead atoms. The number of aliphatic carboxylic acids is 1. The van der Waals surface area contributed by atoms with Crippen molar-refractivity contribution in [3.05, 3.63) is 34.4 Å². The van der Waals surface area contributed by atoms with Crippen molar-refractivity contribution in [1.29, 1.82) is 0 Å². The third-order valence-electron chi connectivity index (χ3n) is 13.9. The van der Waals surface area contributed by atoms with Crippen LogP contribution in [0.2, 0.25) is 0 Å². The van der Waals surface area contributed by atoms with Crippen molar-refractivity contribution in [2.24, 2.45) is 45.0 Å². The van der Waals surface area contributed by atoms with E-state index >= 15 is 0 Å². The summed E-state index contributed by atoms with van der Waals surface area (Å²) in [7, 11) is 0. The molecule has 1 saturated heterocycles. The van der Waals surface area contributed by atoms with E-state index < -0.39 is 29.3 Å². The lowest BCUT2D eigenvalue weighted by atomic mass is 9.44. The average Bonchev–Trinajstić information content (AvgIpc) is 3.81. The highest BCUT2D eigenvalue weighted by Crippen LogP contribution is 2.78. The second-order valence-corrected chi connectivity index (χ2v) is 16.9. The number of hydrogen-bond acceptors (Lipinski definition) is 10. The zero-order chi connectivity index (χ0) is 38.8. The number of guanidine groups is 1. The van der Waals surface area contributed by atoms with Crippen LogP contribution in [0.15, 0.2) is 32.6 Å². The first-order chi connectivity index (χ1) is 25.7. The number of carbonyl (C=O) groups excluding carboxylic acids is 3. The second kappa shape index (κ2) is 16.0. The van der Waals surface area contributed by atoms with E-state index in [0.717, 1.165) is 63.4 Å². The van der Waals surface area contributed by atoms with Crippen LogP contribution in [0.4, 0.5) is 0 Å². The number of fused-ring (bicyclic) bond motifs is 3. The Kier molecular flexibility index (Phi) is 11.8. The summed E-state index contributed by atoms with van der Waals surface area (Å²) in [5.74, 6) is -0.935. The fraction of sp³-hybridized carbons (Fsp3) is 0.750. The maximum atomic E-state index is 12.9. The molecule has 0 aromatic carbocycles. The number of ether oxygens (including phenoxy) is 3. The van der Waals surface area contributed by atoms with Gasteiger partial charge in [0, 0.05) is 43.7 Å². The molecule has 1 spiro atoms. The fourth-order valence-corrected chi connectivity index (χ4v) is 11.4.